The van der Waals surface area contributed by atoms with Gasteiger partial charge >= 0.3 is 5.97 Å². The van der Waals surface area contributed by atoms with Gasteiger partial charge in [-0.2, -0.15) is 0 Å². The number of nitrogens with one attached hydrogen (secondary N) is 1. The van der Waals surface area contributed by atoms with Crippen molar-refractivity contribution < 1.29 is 22.7 Å². The van der Waals surface area contributed by atoms with Crippen LogP contribution in [0.5, 0.6) is 0 Å². The molecule has 0 radical (unpaired) electrons. The minimum atomic E-state index is -4.04. The van der Waals surface area contributed by atoms with Crippen LogP contribution in [0.1, 0.15) is 10.4 Å². The number of carboxylic acids is 1. The number of carboxylic acid groups (broad SMARTS) is 1. The van der Waals surface area contributed by atoms with E-state index in [1.54, 1.807) is 0 Å². The number of hydrogen-bond acceptors (Lipinski definition) is 3. The van der Waals surface area contributed by atoms with Gasteiger partial charge in [-0.1, -0.05) is 17.7 Å². The summed E-state index contributed by atoms with van der Waals surface area (Å²) in [7, 11) is -4.04. The van der Waals surface area contributed by atoms with Crippen LogP contribution in [0.15, 0.2) is 47.4 Å². The van der Waals surface area contributed by atoms with E-state index in [4.69, 9.17) is 16.7 Å². The van der Waals surface area contributed by atoms with Gasteiger partial charge < -0.3 is 5.11 Å². The Kier molecular flexibility index (Phi) is 4.15. The van der Waals surface area contributed by atoms with Crippen LogP contribution >= 0.6 is 11.6 Å². The van der Waals surface area contributed by atoms with E-state index in [0.29, 0.717) is 0 Å². The summed E-state index contributed by atoms with van der Waals surface area (Å²) in [5.74, 6) is -1.95. The lowest BCUT2D eigenvalue weighted by atomic mass is 10.2. The number of benzene rings is 2. The Labute approximate surface area is 125 Å². The minimum absolute atomic E-state index is 0.0239. The molecule has 21 heavy (non-hydrogen) atoms. The Balaban J connectivity index is 2.39. The predicted octanol–water partition coefficient (Wildman–Crippen LogP) is 2.98. The fourth-order valence-corrected chi connectivity index (χ4v) is 2.93. The van der Waals surface area contributed by atoms with Gasteiger partial charge in [0.05, 0.1) is 16.1 Å². The van der Waals surface area contributed by atoms with E-state index in [1.165, 1.54) is 24.3 Å². The fraction of sp³-hybridized carbons (Fsp3) is 0. The van der Waals surface area contributed by atoms with Crippen molar-refractivity contribution in [3.63, 3.8) is 0 Å². The maximum absolute atomic E-state index is 13.1. The molecule has 0 amide bonds. The lowest BCUT2D eigenvalue weighted by Gasteiger charge is -2.09. The van der Waals surface area contributed by atoms with Crippen LogP contribution in [-0.4, -0.2) is 19.5 Å². The summed E-state index contributed by atoms with van der Waals surface area (Å²) in [6.07, 6.45) is 0. The first-order chi connectivity index (χ1) is 9.78. The third-order valence-electron chi connectivity index (χ3n) is 2.50. The highest BCUT2D eigenvalue weighted by Crippen LogP contribution is 2.22. The summed E-state index contributed by atoms with van der Waals surface area (Å²) in [5, 5.41) is 8.96. The second-order valence-corrected chi connectivity index (χ2v) is 6.22. The van der Waals surface area contributed by atoms with Crippen molar-refractivity contribution in [1.82, 2.24) is 0 Å². The van der Waals surface area contributed by atoms with Gasteiger partial charge in [0.25, 0.3) is 10.0 Å². The first-order valence-electron chi connectivity index (χ1n) is 5.60. The molecule has 2 aromatic rings. The first kappa shape index (κ1) is 15.3. The van der Waals surface area contributed by atoms with Gasteiger partial charge in [-0.15, -0.1) is 0 Å². The van der Waals surface area contributed by atoms with Gasteiger partial charge in [0.15, 0.2) is 0 Å². The van der Waals surface area contributed by atoms with Crippen LogP contribution in [0.25, 0.3) is 0 Å². The molecule has 0 saturated heterocycles. The van der Waals surface area contributed by atoms with Crippen LogP contribution in [0.2, 0.25) is 5.02 Å². The number of sulfonamides is 1. The largest absolute Gasteiger partial charge is 0.478 e. The quantitative estimate of drug-likeness (QED) is 0.903. The van der Waals surface area contributed by atoms with Crippen LogP contribution in [-0.2, 0) is 10.0 Å². The van der Waals surface area contributed by atoms with Crippen LogP contribution in [0.4, 0.5) is 10.1 Å². The third-order valence-corrected chi connectivity index (χ3v) is 4.10. The number of halogens is 2. The molecule has 8 heteroatoms. The Hall–Kier alpha value is -2.12. The third kappa shape index (κ3) is 3.71. The average molecular weight is 330 g/mol. The van der Waals surface area contributed by atoms with Gasteiger partial charge in [-0.05, 0) is 36.4 Å². The Morgan fingerprint density at radius 2 is 1.90 bits per heavy atom. The molecule has 0 unspecified atom stereocenters. The van der Waals surface area contributed by atoms with Crippen molar-refractivity contribution in [3.05, 3.63) is 58.9 Å². The van der Waals surface area contributed by atoms with E-state index in [2.05, 4.69) is 4.72 Å². The zero-order chi connectivity index (χ0) is 15.6. The highest BCUT2D eigenvalue weighted by Gasteiger charge is 2.16. The van der Waals surface area contributed by atoms with Crippen molar-refractivity contribution in [2.24, 2.45) is 0 Å². The molecule has 0 aliphatic heterocycles. The van der Waals surface area contributed by atoms with Gasteiger partial charge in [0.1, 0.15) is 5.82 Å². The van der Waals surface area contributed by atoms with E-state index < -0.39 is 21.8 Å². The predicted molar refractivity (Wildman–Crippen MR) is 75.6 cm³/mol. The van der Waals surface area contributed by atoms with E-state index in [0.717, 1.165) is 18.2 Å². The van der Waals surface area contributed by atoms with E-state index in [1.807, 2.05) is 0 Å². The number of aromatic carboxylic acids is 1. The summed E-state index contributed by atoms with van der Waals surface area (Å²) < 4.78 is 39.4. The van der Waals surface area contributed by atoms with Crippen LogP contribution in [0, 0.1) is 5.82 Å². The minimum Gasteiger partial charge on any atom is -0.478 e. The lowest BCUT2D eigenvalue weighted by molar-refractivity contribution is 0.0697. The lowest BCUT2D eigenvalue weighted by Crippen LogP contribution is -2.13. The van der Waals surface area contributed by atoms with E-state index in [9.17, 15) is 17.6 Å². The van der Waals surface area contributed by atoms with E-state index in [-0.39, 0.29) is 21.2 Å². The molecule has 0 aromatic heterocycles. The molecule has 2 N–H and O–H groups in total. The van der Waals surface area contributed by atoms with E-state index >= 15 is 0 Å². The van der Waals surface area contributed by atoms with Gasteiger partial charge in [-0.25, -0.2) is 17.6 Å². The molecule has 0 aliphatic rings. The summed E-state index contributed by atoms with van der Waals surface area (Å²) in [6.45, 7) is 0. The monoisotopic (exact) mass is 329 g/mol. The molecule has 0 spiro atoms. The maximum atomic E-state index is 13.1. The standard InChI is InChI=1S/C13H9ClFNO4S/c14-9-4-8(13(17)18)5-11(6-9)16-21(19,20)12-3-1-2-10(15)7-12/h1-7,16H,(H,17,18). The highest BCUT2D eigenvalue weighted by molar-refractivity contribution is 7.92. The van der Waals surface area contributed by atoms with Gasteiger partial charge in [0, 0.05) is 5.02 Å². The average Bonchev–Trinajstić information content (AvgIpc) is 2.37. The molecule has 0 heterocycles. The van der Waals surface area contributed by atoms with Crippen molar-refractivity contribution in [3.8, 4) is 0 Å². The second-order valence-electron chi connectivity index (χ2n) is 4.10. The summed E-state index contributed by atoms with van der Waals surface area (Å²) in [5.41, 5.74) is -0.191. The topological polar surface area (TPSA) is 83.5 Å². The molecule has 2 aromatic carbocycles. The molecular weight excluding hydrogens is 321 g/mol. The summed E-state index contributed by atoms with van der Waals surface area (Å²) >= 11 is 5.74. The van der Waals surface area contributed by atoms with Crippen molar-refractivity contribution >= 4 is 33.3 Å². The summed E-state index contributed by atoms with van der Waals surface area (Å²) in [4.78, 5) is 10.6. The SMILES string of the molecule is O=C(O)c1cc(Cl)cc(NS(=O)(=O)c2cccc(F)c2)c1. The second kappa shape index (κ2) is 5.71. The Morgan fingerprint density at radius 1 is 1.19 bits per heavy atom. The highest BCUT2D eigenvalue weighted by atomic mass is 35.5. The molecule has 0 fully saturated rings. The van der Waals surface area contributed by atoms with Crippen molar-refractivity contribution in [2.45, 2.75) is 4.90 Å². The molecular formula is C13H9ClFNO4S. The number of hydrogen-bond donors (Lipinski definition) is 2. The smallest absolute Gasteiger partial charge is 0.335 e. The Bertz CT molecular complexity index is 808. The molecule has 0 atom stereocenters. The molecule has 0 saturated carbocycles. The zero-order valence-corrected chi connectivity index (χ0v) is 12.0. The molecule has 0 aliphatic carbocycles. The van der Waals surface area contributed by atoms with Crippen LogP contribution in [0.3, 0.4) is 0 Å². The van der Waals surface area contributed by atoms with Gasteiger partial charge in [-0.3, -0.25) is 4.72 Å². The van der Waals surface area contributed by atoms with Gasteiger partial charge in [0.2, 0.25) is 0 Å². The number of rotatable bonds is 4. The molecule has 5 nitrogen and oxygen atoms in total. The zero-order valence-electron chi connectivity index (χ0n) is 10.4. The molecule has 2 rings (SSSR count). The van der Waals surface area contributed by atoms with Crippen molar-refractivity contribution in [2.75, 3.05) is 4.72 Å². The maximum Gasteiger partial charge on any atom is 0.335 e. The normalized spacial score (nSPS) is 11.1. The summed E-state index contributed by atoms with van der Waals surface area (Å²) in [6, 6.07) is 7.99. The number of carbonyl (C=O) groups is 1. The first-order valence-corrected chi connectivity index (χ1v) is 7.46. The van der Waals surface area contributed by atoms with Crippen molar-refractivity contribution in [1.29, 1.82) is 0 Å². The van der Waals surface area contributed by atoms with Crippen LogP contribution < -0.4 is 4.72 Å². The number of anilines is 1. The molecule has 110 valence electrons. The molecule has 0 bridgehead atoms. The fourth-order valence-electron chi connectivity index (χ4n) is 1.62. The Morgan fingerprint density at radius 3 is 2.52 bits per heavy atom.